The second kappa shape index (κ2) is 7.44. The van der Waals surface area contributed by atoms with E-state index in [1.807, 2.05) is 0 Å². The average Bonchev–Trinajstić information content (AvgIpc) is 2.41. The molecule has 1 unspecified atom stereocenters. The van der Waals surface area contributed by atoms with Crippen molar-refractivity contribution < 1.29 is 19.1 Å². The summed E-state index contributed by atoms with van der Waals surface area (Å²) in [6.07, 6.45) is 0.549. The first-order valence-corrected chi connectivity index (χ1v) is 6.15. The highest BCUT2D eigenvalue weighted by molar-refractivity contribution is 5.93. The third kappa shape index (κ3) is 4.51. The number of nitrogen functional groups attached to an aromatic ring is 1. The molecule has 0 bridgehead atoms. The molecular formula is C13H19N3O4. The zero-order valence-electron chi connectivity index (χ0n) is 11.8. The van der Waals surface area contributed by atoms with Gasteiger partial charge in [0, 0.05) is 13.7 Å². The number of carbonyl (C=O) groups is 2. The number of nitrogens with two attached hydrogens (primary N) is 1. The van der Waals surface area contributed by atoms with Crippen LogP contribution in [0.4, 0.5) is 5.69 Å². The number of rotatable bonds is 6. The molecule has 0 aliphatic heterocycles. The minimum atomic E-state index is -0.903. The van der Waals surface area contributed by atoms with Crippen molar-refractivity contribution in [3.05, 3.63) is 23.5 Å². The predicted octanol–water partition coefficient (Wildman–Crippen LogP) is 0.280. The van der Waals surface area contributed by atoms with Crippen LogP contribution in [0.2, 0.25) is 0 Å². The Morgan fingerprint density at radius 3 is 2.85 bits per heavy atom. The van der Waals surface area contributed by atoms with Crippen LogP contribution >= 0.6 is 0 Å². The Hall–Kier alpha value is -2.15. The fourth-order valence-corrected chi connectivity index (χ4v) is 1.45. The Morgan fingerprint density at radius 1 is 1.50 bits per heavy atom. The van der Waals surface area contributed by atoms with Gasteiger partial charge in [-0.15, -0.1) is 0 Å². The molecule has 1 heterocycles. The van der Waals surface area contributed by atoms with Gasteiger partial charge in [0.1, 0.15) is 0 Å². The highest BCUT2D eigenvalue weighted by Gasteiger charge is 2.20. The van der Waals surface area contributed by atoms with Gasteiger partial charge in [0.05, 0.1) is 29.7 Å². The molecule has 20 heavy (non-hydrogen) atoms. The Kier molecular flexibility index (Phi) is 5.92. The van der Waals surface area contributed by atoms with Crippen LogP contribution in [-0.2, 0) is 14.3 Å². The molecule has 1 aromatic heterocycles. The van der Waals surface area contributed by atoms with Gasteiger partial charge < -0.3 is 20.5 Å². The van der Waals surface area contributed by atoms with Gasteiger partial charge in [0.25, 0.3) is 5.91 Å². The highest BCUT2D eigenvalue weighted by Crippen LogP contribution is 2.12. The van der Waals surface area contributed by atoms with Gasteiger partial charge in [0.2, 0.25) is 0 Å². The lowest BCUT2D eigenvalue weighted by Gasteiger charge is -2.14. The first-order valence-electron chi connectivity index (χ1n) is 6.15. The summed E-state index contributed by atoms with van der Waals surface area (Å²) >= 11 is 0. The van der Waals surface area contributed by atoms with Crippen LogP contribution in [0.15, 0.2) is 12.3 Å². The SMILES string of the molecule is COCCNC(=O)C(C)OC(=O)c1cc(N)cnc1C. The van der Waals surface area contributed by atoms with Crippen LogP contribution < -0.4 is 11.1 Å². The molecule has 7 heteroatoms. The van der Waals surface area contributed by atoms with E-state index in [1.54, 1.807) is 6.92 Å². The molecule has 1 aromatic rings. The van der Waals surface area contributed by atoms with E-state index in [0.29, 0.717) is 24.5 Å². The van der Waals surface area contributed by atoms with Crippen molar-refractivity contribution in [2.75, 3.05) is 26.0 Å². The highest BCUT2D eigenvalue weighted by atomic mass is 16.5. The molecular weight excluding hydrogens is 262 g/mol. The number of pyridine rings is 1. The number of aryl methyl sites for hydroxylation is 1. The van der Waals surface area contributed by atoms with Gasteiger partial charge in [-0.3, -0.25) is 9.78 Å². The number of hydrogen-bond donors (Lipinski definition) is 2. The smallest absolute Gasteiger partial charge is 0.340 e. The number of anilines is 1. The number of methoxy groups -OCH3 is 1. The number of nitrogens with one attached hydrogen (secondary N) is 1. The molecule has 7 nitrogen and oxygen atoms in total. The summed E-state index contributed by atoms with van der Waals surface area (Å²) in [5, 5.41) is 2.58. The third-order valence-electron chi connectivity index (χ3n) is 2.59. The molecule has 1 amide bonds. The molecule has 0 aliphatic rings. The van der Waals surface area contributed by atoms with E-state index in [-0.39, 0.29) is 11.5 Å². The van der Waals surface area contributed by atoms with Gasteiger partial charge in [0.15, 0.2) is 6.10 Å². The number of ether oxygens (including phenoxy) is 2. The standard InChI is InChI=1S/C13H19N3O4/c1-8-11(6-10(14)7-16-8)13(18)20-9(2)12(17)15-4-5-19-3/h6-7,9H,4-5,14H2,1-3H3,(H,15,17). The van der Waals surface area contributed by atoms with Crippen LogP contribution in [0.1, 0.15) is 23.0 Å². The van der Waals surface area contributed by atoms with E-state index in [1.165, 1.54) is 26.3 Å². The van der Waals surface area contributed by atoms with Gasteiger partial charge in [-0.25, -0.2) is 4.79 Å². The van der Waals surface area contributed by atoms with Crippen molar-refractivity contribution in [3.63, 3.8) is 0 Å². The lowest BCUT2D eigenvalue weighted by atomic mass is 10.2. The van der Waals surface area contributed by atoms with Crippen molar-refractivity contribution in [3.8, 4) is 0 Å². The first-order chi connectivity index (χ1) is 9.45. The third-order valence-corrected chi connectivity index (χ3v) is 2.59. The molecule has 3 N–H and O–H groups in total. The summed E-state index contributed by atoms with van der Waals surface area (Å²) in [6, 6.07) is 1.47. The normalized spacial score (nSPS) is 11.8. The number of hydrogen-bond acceptors (Lipinski definition) is 6. The number of nitrogens with zero attached hydrogens (tertiary/aromatic N) is 1. The van der Waals surface area contributed by atoms with Gasteiger partial charge >= 0.3 is 5.97 Å². The maximum atomic E-state index is 11.9. The predicted molar refractivity (Wildman–Crippen MR) is 73.1 cm³/mol. The van der Waals surface area contributed by atoms with Gasteiger partial charge in [-0.1, -0.05) is 0 Å². The van der Waals surface area contributed by atoms with Crippen molar-refractivity contribution in [2.45, 2.75) is 20.0 Å². The lowest BCUT2D eigenvalue weighted by Crippen LogP contribution is -2.37. The Balaban J connectivity index is 2.61. The minimum Gasteiger partial charge on any atom is -0.449 e. The zero-order valence-corrected chi connectivity index (χ0v) is 11.8. The van der Waals surface area contributed by atoms with Gasteiger partial charge in [-0.2, -0.15) is 0 Å². The molecule has 0 aliphatic carbocycles. The summed E-state index contributed by atoms with van der Waals surface area (Å²) in [7, 11) is 1.53. The molecule has 0 aromatic carbocycles. The molecule has 0 spiro atoms. The fourth-order valence-electron chi connectivity index (χ4n) is 1.45. The molecule has 1 rings (SSSR count). The number of aromatic nitrogens is 1. The zero-order chi connectivity index (χ0) is 15.1. The Labute approximate surface area is 117 Å². The van der Waals surface area contributed by atoms with Crippen molar-refractivity contribution >= 4 is 17.6 Å². The molecule has 1 atom stereocenters. The van der Waals surface area contributed by atoms with Crippen molar-refractivity contribution in [1.82, 2.24) is 10.3 Å². The number of amides is 1. The molecule has 110 valence electrons. The second-order valence-electron chi connectivity index (χ2n) is 4.23. The number of esters is 1. The topological polar surface area (TPSA) is 104 Å². The average molecular weight is 281 g/mol. The molecule has 0 saturated heterocycles. The van der Waals surface area contributed by atoms with Gasteiger partial charge in [-0.05, 0) is 19.9 Å². The van der Waals surface area contributed by atoms with E-state index in [0.717, 1.165) is 0 Å². The summed E-state index contributed by atoms with van der Waals surface area (Å²) in [5.41, 5.74) is 6.68. The largest absolute Gasteiger partial charge is 0.449 e. The maximum Gasteiger partial charge on any atom is 0.340 e. The quantitative estimate of drug-likeness (QED) is 0.573. The van der Waals surface area contributed by atoms with E-state index >= 15 is 0 Å². The van der Waals surface area contributed by atoms with E-state index in [2.05, 4.69) is 10.3 Å². The lowest BCUT2D eigenvalue weighted by molar-refractivity contribution is -0.129. The van der Waals surface area contributed by atoms with Crippen molar-refractivity contribution in [2.24, 2.45) is 0 Å². The summed E-state index contributed by atoms with van der Waals surface area (Å²) in [4.78, 5) is 27.6. The Bertz CT molecular complexity index is 491. The van der Waals surface area contributed by atoms with Crippen LogP contribution in [0.3, 0.4) is 0 Å². The Morgan fingerprint density at radius 2 is 2.20 bits per heavy atom. The molecule has 0 fully saturated rings. The molecule has 0 saturated carbocycles. The summed E-state index contributed by atoms with van der Waals surface area (Å²) in [5.74, 6) is -1.01. The van der Waals surface area contributed by atoms with Crippen LogP contribution in [-0.4, -0.2) is 43.2 Å². The van der Waals surface area contributed by atoms with Crippen LogP contribution in [0.25, 0.3) is 0 Å². The monoisotopic (exact) mass is 281 g/mol. The number of carbonyl (C=O) groups excluding carboxylic acids is 2. The van der Waals surface area contributed by atoms with Crippen molar-refractivity contribution in [1.29, 1.82) is 0 Å². The molecule has 0 radical (unpaired) electrons. The first kappa shape index (κ1) is 15.9. The second-order valence-corrected chi connectivity index (χ2v) is 4.23. The van der Waals surface area contributed by atoms with E-state index < -0.39 is 12.1 Å². The maximum absolute atomic E-state index is 11.9. The van der Waals surface area contributed by atoms with E-state index in [4.69, 9.17) is 15.2 Å². The summed E-state index contributed by atoms with van der Waals surface area (Å²) in [6.45, 7) is 3.91. The fraction of sp³-hybridized carbons (Fsp3) is 0.462. The van der Waals surface area contributed by atoms with E-state index in [9.17, 15) is 9.59 Å². The summed E-state index contributed by atoms with van der Waals surface area (Å²) < 4.78 is 9.88. The minimum absolute atomic E-state index is 0.251. The van der Waals surface area contributed by atoms with Crippen LogP contribution in [0, 0.1) is 6.92 Å². The van der Waals surface area contributed by atoms with Crippen LogP contribution in [0.5, 0.6) is 0 Å².